The SMILES string of the molecule is CC(c1cc2ccccc2o1)N(NC(=O)OC(C)(C)C)C(=O)c1c(C(=O)N2CCCC2)[nH]c2cc(Cl)ccc2c1=O. The van der Waals surface area contributed by atoms with Gasteiger partial charge in [0, 0.05) is 28.9 Å². The third kappa shape index (κ3) is 5.78. The van der Waals surface area contributed by atoms with E-state index in [-0.39, 0.29) is 11.1 Å². The second-order valence-corrected chi connectivity index (χ2v) is 11.5. The number of hydrogen-bond acceptors (Lipinski definition) is 6. The van der Waals surface area contributed by atoms with Crippen molar-refractivity contribution in [3.05, 3.63) is 80.8 Å². The molecule has 2 N–H and O–H groups in total. The van der Waals surface area contributed by atoms with Gasteiger partial charge in [-0.05, 0) is 70.9 Å². The van der Waals surface area contributed by atoms with Crippen LogP contribution in [-0.2, 0) is 4.74 Å². The van der Waals surface area contributed by atoms with Gasteiger partial charge < -0.3 is 19.0 Å². The van der Waals surface area contributed by atoms with Crippen LogP contribution in [-0.4, -0.2) is 51.5 Å². The topological polar surface area (TPSA) is 125 Å². The van der Waals surface area contributed by atoms with E-state index in [1.807, 2.05) is 18.2 Å². The van der Waals surface area contributed by atoms with Crippen LogP contribution in [0.3, 0.4) is 0 Å². The molecule has 10 nitrogen and oxygen atoms in total. The van der Waals surface area contributed by atoms with Gasteiger partial charge in [-0.2, -0.15) is 0 Å². The number of carbonyl (C=O) groups is 3. The number of para-hydroxylation sites is 1. The fourth-order valence-corrected chi connectivity index (χ4v) is 5.06. The van der Waals surface area contributed by atoms with Crippen molar-refractivity contribution in [1.29, 1.82) is 0 Å². The van der Waals surface area contributed by atoms with E-state index in [1.165, 1.54) is 18.2 Å². The Bertz CT molecular complexity index is 1680. The van der Waals surface area contributed by atoms with Crippen molar-refractivity contribution in [2.75, 3.05) is 13.1 Å². The van der Waals surface area contributed by atoms with Crippen molar-refractivity contribution < 1.29 is 23.5 Å². The van der Waals surface area contributed by atoms with E-state index in [0.29, 0.717) is 35.0 Å². The molecule has 5 rings (SSSR count). The molecule has 1 atom stereocenters. The summed E-state index contributed by atoms with van der Waals surface area (Å²) in [5.41, 5.74) is 1.29. The highest BCUT2D eigenvalue weighted by Gasteiger charge is 2.35. The Morgan fingerprint density at radius 2 is 1.80 bits per heavy atom. The first-order chi connectivity index (χ1) is 19.4. The number of fused-ring (bicyclic) bond motifs is 2. The highest BCUT2D eigenvalue weighted by atomic mass is 35.5. The van der Waals surface area contributed by atoms with Gasteiger partial charge in [0.15, 0.2) is 0 Å². The van der Waals surface area contributed by atoms with Crippen LogP contribution in [0.5, 0.6) is 0 Å². The van der Waals surface area contributed by atoms with Gasteiger partial charge >= 0.3 is 6.09 Å². The van der Waals surface area contributed by atoms with Crippen molar-refractivity contribution in [1.82, 2.24) is 20.3 Å². The van der Waals surface area contributed by atoms with Crippen LogP contribution in [0.2, 0.25) is 5.02 Å². The monoisotopic (exact) mass is 578 g/mol. The van der Waals surface area contributed by atoms with Gasteiger partial charge in [0.05, 0.1) is 5.52 Å². The summed E-state index contributed by atoms with van der Waals surface area (Å²) < 4.78 is 11.4. The standard InChI is InChI=1S/C30H31ClN4O6/c1-17(23-15-18-9-5-6-10-22(18)40-23)35(33-29(39)41-30(2,3)4)27(37)24-25(28(38)34-13-7-8-14-34)32-21-16-19(31)11-12-20(21)26(24)36/h5-6,9-12,15-17H,7-8,13-14H2,1-4H3,(H,32,36)(H,33,39). The Balaban J connectivity index is 1.65. The summed E-state index contributed by atoms with van der Waals surface area (Å²) in [4.78, 5) is 59.4. The first kappa shape index (κ1) is 28.2. The number of nitrogens with zero attached hydrogens (tertiary/aromatic N) is 2. The maximum absolute atomic E-state index is 14.3. The third-order valence-corrected chi connectivity index (χ3v) is 7.09. The summed E-state index contributed by atoms with van der Waals surface area (Å²) in [6.45, 7) is 7.70. The largest absolute Gasteiger partial charge is 0.459 e. The molecule has 41 heavy (non-hydrogen) atoms. The minimum absolute atomic E-state index is 0.171. The number of benzene rings is 2. The molecule has 0 aliphatic carbocycles. The lowest BCUT2D eigenvalue weighted by Crippen LogP contribution is -2.50. The maximum atomic E-state index is 14.3. The van der Waals surface area contributed by atoms with Crippen molar-refractivity contribution >= 4 is 51.4 Å². The van der Waals surface area contributed by atoms with Crippen molar-refractivity contribution in [2.45, 2.75) is 52.2 Å². The zero-order chi connectivity index (χ0) is 29.5. The molecule has 0 radical (unpaired) electrons. The van der Waals surface area contributed by atoms with E-state index < -0.39 is 40.5 Å². The van der Waals surface area contributed by atoms with Crippen LogP contribution < -0.4 is 10.9 Å². The quantitative estimate of drug-likeness (QED) is 0.295. The molecule has 3 amide bonds. The van der Waals surface area contributed by atoms with Crippen molar-refractivity contribution in [3.63, 3.8) is 0 Å². The smallest absolute Gasteiger partial charge is 0.426 e. The van der Waals surface area contributed by atoms with Crippen LogP contribution in [0.1, 0.15) is 73.2 Å². The van der Waals surface area contributed by atoms with Crippen LogP contribution in [0, 0.1) is 0 Å². The first-order valence-electron chi connectivity index (χ1n) is 13.4. The number of aromatic nitrogens is 1. The van der Waals surface area contributed by atoms with Gasteiger partial charge in [-0.1, -0.05) is 29.8 Å². The van der Waals surface area contributed by atoms with Crippen LogP contribution >= 0.6 is 11.6 Å². The number of halogens is 1. The number of likely N-dealkylation sites (tertiary alicyclic amines) is 1. The second-order valence-electron chi connectivity index (χ2n) is 11.0. The molecule has 0 spiro atoms. The van der Waals surface area contributed by atoms with E-state index in [0.717, 1.165) is 23.2 Å². The molecule has 11 heteroatoms. The van der Waals surface area contributed by atoms with Crippen LogP contribution in [0.25, 0.3) is 21.9 Å². The Hall–Kier alpha value is -4.31. The molecule has 4 aromatic rings. The number of amides is 3. The number of carbonyl (C=O) groups excluding carboxylic acids is 3. The van der Waals surface area contributed by atoms with E-state index in [1.54, 1.807) is 44.7 Å². The summed E-state index contributed by atoms with van der Waals surface area (Å²) in [7, 11) is 0. The average molecular weight is 579 g/mol. The lowest BCUT2D eigenvalue weighted by Gasteiger charge is -2.30. The number of H-pyrrole nitrogens is 1. The number of aromatic amines is 1. The molecule has 214 valence electrons. The molecule has 2 aromatic carbocycles. The minimum atomic E-state index is -0.912. The van der Waals surface area contributed by atoms with Gasteiger partial charge in [0.1, 0.15) is 34.2 Å². The molecule has 0 saturated carbocycles. The number of hydrazine groups is 1. The average Bonchev–Trinajstić information content (AvgIpc) is 3.60. The first-order valence-corrected chi connectivity index (χ1v) is 13.8. The molecular formula is C30H31ClN4O6. The number of nitrogens with one attached hydrogen (secondary N) is 2. The van der Waals surface area contributed by atoms with Gasteiger partial charge in [-0.25, -0.2) is 15.2 Å². The highest BCUT2D eigenvalue weighted by Crippen LogP contribution is 2.29. The van der Waals surface area contributed by atoms with E-state index in [9.17, 15) is 19.2 Å². The molecule has 0 bridgehead atoms. The number of rotatable bonds is 4. The van der Waals surface area contributed by atoms with Crippen LogP contribution in [0.15, 0.2) is 57.7 Å². The Morgan fingerprint density at radius 1 is 1.10 bits per heavy atom. The molecular weight excluding hydrogens is 548 g/mol. The fourth-order valence-electron chi connectivity index (χ4n) is 4.88. The Labute approximate surface area is 241 Å². The lowest BCUT2D eigenvalue weighted by molar-refractivity contribution is 0.0210. The number of hydrogen-bond donors (Lipinski definition) is 2. The molecule has 1 saturated heterocycles. The van der Waals surface area contributed by atoms with E-state index >= 15 is 0 Å². The predicted molar refractivity (Wildman–Crippen MR) is 155 cm³/mol. The predicted octanol–water partition coefficient (Wildman–Crippen LogP) is 5.81. The van der Waals surface area contributed by atoms with Crippen LogP contribution in [0.4, 0.5) is 4.79 Å². The summed E-state index contributed by atoms with van der Waals surface area (Å²) in [5.74, 6) is -1.03. The van der Waals surface area contributed by atoms with Gasteiger partial charge in [0.2, 0.25) is 5.43 Å². The molecule has 2 aromatic heterocycles. The third-order valence-electron chi connectivity index (χ3n) is 6.86. The molecule has 1 aliphatic rings. The van der Waals surface area contributed by atoms with Crippen molar-refractivity contribution in [2.24, 2.45) is 0 Å². The van der Waals surface area contributed by atoms with E-state index in [2.05, 4.69) is 10.4 Å². The summed E-state index contributed by atoms with van der Waals surface area (Å²) >= 11 is 6.17. The zero-order valence-electron chi connectivity index (χ0n) is 23.2. The van der Waals surface area contributed by atoms with Crippen molar-refractivity contribution in [3.8, 4) is 0 Å². The summed E-state index contributed by atoms with van der Waals surface area (Å²) in [6, 6.07) is 12.7. The lowest BCUT2D eigenvalue weighted by atomic mass is 10.1. The fraction of sp³-hybridized carbons (Fsp3) is 0.333. The second kappa shape index (κ2) is 10.9. The summed E-state index contributed by atoms with van der Waals surface area (Å²) in [5, 5.41) is 2.30. The molecule has 1 aliphatic heterocycles. The normalized spacial score (nSPS) is 14.3. The minimum Gasteiger partial charge on any atom is -0.459 e. The molecule has 3 heterocycles. The van der Waals surface area contributed by atoms with Gasteiger partial charge in [-0.3, -0.25) is 14.4 Å². The number of pyridine rings is 1. The molecule has 1 fully saturated rings. The zero-order valence-corrected chi connectivity index (χ0v) is 24.0. The maximum Gasteiger partial charge on any atom is 0.426 e. The Kier molecular flexibility index (Phi) is 7.52. The molecule has 1 unspecified atom stereocenters. The van der Waals surface area contributed by atoms with Gasteiger partial charge in [0.25, 0.3) is 11.8 Å². The summed E-state index contributed by atoms with van der Waals surface area (Å²) in [6.07, 6.45) is 0.715. The Morgan fingerprint density at radius 3 is 2.49 bits per heavy atom. The van der Waals surface area contributed by atoms with Gasteiger partial charge in [-0.15, -0.1) is 0 Å². The number of ether oxygens (including phenoxy) is 1. The van der Waals surface area contributed by atoms with E-state index in [4.69, 9.17) is 20.8 Å². The number of furan rings is 1. The highest BCUT2D eigenvalue weighted by molar-refractivity contribution is 6.31.